The number of aryl methyl sites for hydroxylation is 1. The fourth-order valence-corrected chi connectivity index (χ4v) is 6.87. The van der Waals surface area contributed by atoms with Crippen LogP contribution in [-0.2, 0) is 11.3 Å². The standard InChI is InChI=1S/C32H36F2N8O2/c1-19-15-41(29(22-6-10-24(33)11-7-22)23-8-12-25(34)13-9-23)27(20(2)43)17-39(19)30-28-31(42-18-35-38-32(42)37-30)40(21(3)36-28)16-26-5-4-14-44-26/h6-13,18-20,26-27,29,43H,4-5,14-17H2,1-3H3/t19-,20+,26-,27-/m0/s1. The van der Waals surface area contributed by atoms with Gasteiger partial charge >= 0.3 is 0 Å². The molecule has 4 atom stereocenters. The van der Waals surface area contributed by atoms with E-state index in [-0.39, 0.29) is 35.9 Å². The average Bonchev–Trinajstić information content (AvgIpc) is 3.76. The Morgan fingerprint density at radius 2 is 1.68 bits per heavy atom. The molecule has 3 aromatic heterocycles. The van der Waals surface area contributed by atoms with Crippen molar-refractivity contribution in [2.75, 3.05) is 24.6 Å². The number of imidazole rings is 1. The first-order chi connectivity index (χ1) is 21.3. The van der Waals surface area contributed by atoms with Crippen LogP contribution in [-0.4, -0.2) is 83.1 Å². The summed E-state index contributed by atoms with van der Waals surface area (Å²) in [6.07, 6.45) is 3.11. The smallest absolute Gasteiger partial charge is 0.258 e. The van der Waals surface area contributed by atoms with Crippen molar-refractivity contribution in [2.45, 2.75) is 70.5 Å². The van der Waals surface area contributed by atoms with Crippen LogP contribution in [0.15, 0.2) is 54.9 Å². The van der Waals surface area contributed by atoms with Crippen LogP contribution in [0.25, 0.3) is 16.9 Å². The highest BCUT2D eigenvalue weighted by atomic mass is 19.1. The maximum atomic E-state index is 14.0. The lowest BCUT2D eigenvalue weighted by Crippen LogP contribution is -2.61. The maximum Gasteiger partial charge on any atom is 0.258 e. The first kappa shape index (κ1) is 28.8. The van der Waals surface area contributed by atoms with Crippen molar-refractivity contribution < 1.29 is 18.6 Å². The number of aromatic nitrogens is 6. The molecular formula is C32H36F2N8O2. The monoisotopic (exact) mass is 602 g/mol. The summed E-state index contributed by atoms with van der Waals surface area (Å²) in [6, 6.07) is 12.0. The summed E-state index contributed by atoms with van der Waals surface area (Å²) in [6.45, 7) is 8.33. The molecule has 0 bridgehead atoms. The van der Waals surface area contributed by atoms with Gasteiger partial charge in [-0.2, -0.15) is 4.98 Å². The molecule has 10 nitrogen and oxygen atoms in total. The van der Waals surface area contributed by atoms with Crippen LogP contribution >= 0.6 is 0 Å². The molecule has 7 rings (SSSR count). The van der Waals surface area contributed by atoms with Gasteiger partial charge in [-0.15, -0.1) is 10.2 Å². The van der Waals surface area contributed by atoms with Gasteiger partial charge in [-0.05, 0) is 69.0 Å². The second-order valence-corrected chi connectivity index (χ2v) is 12.0. The van der Waals surface area contributed by atoms with Crippen molar-refractivity contribution in [2.24, 2.45) is 0 Å². The van der Waals surface area contributed by atoms with Crippen molar-refractivity contribution in [3.63, 3.8) is 0 Å². The van der Waals surface area contributed by atoms with Gasteiger partial charge in [0, 0.05) is 25.7 Å². The Morgan fingerprint density at radius 1 is 1.00 bits per heavy atom. The maximum absolute atomic E-state index is 14.0. The van der Waals surface area contributed by atoms with Gasteiger partial charge < -0.3 is 19.3 Å². The summed E-state index contributed by atoms with van der Waals surface area (Å²) >= 11 is 0. The zero-order chi connectivity index (χ0) is 30.5. The Labute approximate surface area is 253 Å². The van der Waals surface area contributed by atoms with Crippen LogP contribution in [0.5, 0.6) is 0 Å². The molecule has 0 aliphatic carbocycles. The van der Waals surface area contributed by atoms with Gasteiger partial charge in [0.05, 0.1) is 30.8 Å². The summed E-state index contributed by atoms with van der Waals surface area (Å²) in [4.78, 5) is 14.4. The second kappa shape index (κ2) is 11.5. The van der Waals surface area contributed by atoms with Gasteiger partial charge in [-0.3, -0.25) is 4.90 Å². The molecule has 2 aliphatic rings. The van der Waals surface area contributed by atoms with Crippen molar-refractivity contribution >= 4 is 22.8 Å². The molecule has 5 aromatic rings. The van der Waals surface area contributed by atoms with Crippen molar-refractivity contribution in [3.05, 3.63) is 83.4 Å². The summed E-state index contributed by atoms with van der Waals surface area (Å²) in [7, 11) is 0. The summed E-state index contributed by atoms with van der Waals surface area (Å²) in [5.41, 5.74) is 3.32. The number of hydrogen-bond acceptors (Lipinski definition) is 8. The SMILES string of the molecule is Cc1nc2c(N3C[C@@H]([C@@H](C)O)N(C(c4ccc(F)cc4)c4ccc(F)cc4)C[C@@H]3C)nc3nncn3c2n1C[C@@H]1CCCO1. The molecule has 2 aromatic carbocycles. The van der Waals surface area contributed by atoms with E-state index in [9.17, 15) is 13.9 Å². The van der Waals surface area contributed by atoms with Gasteiger partial charge in [0.15, 0.2) is 11.5 Å². The summed E-state index contributed by atoms with van der Waals surface area (Å²) in [5, 5.41) is 19.7. The first-order valence-electron chi connectivity index (χ1n) is 15.2. The van der Waals surface area contributed by atoms with Gasteiger partial charge in [0.1, 0.15) is 29.3 Å². The Balaban J connectivity index is 1.30. The third-order valence-electron chi connectivity index (χ3n) is 9.07. The van der Waals surface area contributed by atoms with Gasteiger partial charge in [-0.1, -0.05) is 24.3 Å². The largest absolute Gasteiger partial charge is 0.392 e. The number of nitrogens with zero attached hydrogens (tertiary/aromatic N) is 8. The number of ether oxygens (including phenoxy) is 1. The zero-order valence-corrected chi connectivity index (χ0v) is 25.0. The van der Waals surface area contributed by atoms with Crippen molar-refractivity contribution in [3.8, 4) is 0 Å². The van der Waals surface area contributed by atoms with Crippen LogP contribution in [0, 0.1) is 18.6 Å². The van der Waals surface area contributed by atoms with Crippen molar-refractivity contribution in [1.29, 1.82) is 0 Å². The lowest BCUT2D eigenvalue weighted by molar-refractivity contribution is 0.0255. The van der Waals surface area contributed by atoms with E-state index < -0.39 is 6.10 Å². The van der Waals surface area contributed by atoms with Gasteiger partial charge in [0.2, 0.25) is 0 Å². The van der Waals surface area contributed by atoms with E-state index in [2.05, 4.69) is 31.5 Å². The Hall–Kier alpha value is -4.00. The minimum absolute atomic E-state index is 0.0573. The Kier molecular flexibility index (Phi) is 7.51. The predicted molar refractivity (Wildman–Crippen MR) is 161 cm³/mol. The number of hydrogen-bond donors (Lipinski definition) is 1. The van der Waals surface area contributed by atoms with Crippen LogP contribution in [0.1, 0.15) is 49.7 Å². The lowest BCUT2D eigenvalue weighted by atomic mass is 9.92. The van der Waals surface area contributed by atoms with Gasteiger partial charge in [-0.25, -0.2) is 18.2 Å². The molecule has 1 N–H and O–H groups in total. The Morgan fingerprint density at radius 3 is 2.30 bits per heavy atom. The molecule has 44 heavy (non-hydrogen) atoms. The molecule has 0 spiro atoms. The molecular weight excluding hydrogens is 566 g/mol. The predicted octanol–water partition coefficient (Wildman–Crippen LogP) is 4.29. The van der Waals surface area contributed by atoms with E-state index in [0.717, 1.165) is 47.6 Å². The molecule has 12 heteroatoms. The molecule has 230 valence electrons. The topological polar surface area (TPSA) is 96.8 Å². The molecule has 2 aliphatic heterocycles. The third kappa shape index (κ3) is 5.10. The molecule has 2 fully saturated rings. The summed E-state index contributed by atoms with van der Waals surface area (Å²) < 4.78 is 37.9. The highest BCUT2D eigenvalue weighted by Gasteiger charge is 2.40. The molecule has 2 saturated heterocycles. The van der Waals surface area contributed by atoms with Crippen LogP contribution in [0.4, 0.5) is 14.6 Å². The van der Waals surface area contributed by atoms with Crippen LogP contribution in [0.2, 0.25) is 0 Å². The minimum atomic E-state index is -0.723. The second-order valence-electron chi connectivity index (χ2n) is 12.0. The quantitative estimate of drug-likeness (QED) is 0.295. The van der Waals surface area contributed by atoms with Crippen LogP contribution in [0.3, 0.4) is 0 Å². The molecule has 0 radical (unpaired) electrons. The van der Waals surface area contributed by atoms with Crippen LogP contribution < -0.4 is 4.90 Å². The molecule has 0 saturated carbocycles. The highest BCUT2D eigenvalue weighted by molar-refractivity contribution is 5.87. The number of aliphatic hydroxyl groups is 1. The number of rotatable bonds is 7. The molecule has 5 heterocycles. The van der Waals surface area contributed by atoms with E-state index >= 15 is 0 Å². The summed E-state index contributed by atoms with van der Waals surface area (Å²) in [5.74, 6) is 1.35. The molecule has 0 unspecified atom stereocenters. The lowest BCUT2D eigenvalue weighted by Gasteiger charge is -2.50. The average molecular weight is 603 g/mol. The number of aliphatic hydroxyl groups excluding tert-OH is 1. The zero-order valence-electron chi connectivity index (χ0n) is 25.0. The normalized spacial score (nSPS) is 22.1. The van der Waals surface area contributed by atoms with E-state index in [1.54, 1.807) is 37.5 Å². The fraction of sp³-hybridized carbons (Fsp3) is 0.438. The number of piperazine rings is 1. The third-order valence-corrected chi connectivity index (χ3v) is 9.07. The van der Waals surface area contributed by atoms with E-state index in [1.807, 2.05) is 11.3 Å². The highest BCUT2D eigenvalue weighted by Crippen LogP contribution is 2.37. The number of anilines is 1. The van der Waals surface area contributed by atoms with E-state index in [4.69, 9.17) is 14.7 Å². The van der Waals surface area contributed by atoms with E-state index in [0.29, 0.717) is 31.2 Å². The van der Waals surface area contributed by atoms with Crippen molar-refractivity contribution in [1.82, 2.24) is 34.0 Å². The van der Waals surface area contributed by atoms with E-state index in [1.165, 1.54) is 24.3 Å². The molecule has 0 amide bonds. The fourth-order valence-electron chi connectivity index (χ4n) is 6.87. The minimum Gasteiger partial charge on any atom is -0.392 e. The number of fused-ring (bicyclic) bond motifs is 3. The first-order valence-corrected chi connectivity index (χ1v) is 15.2. The Bertz CT molecular complexity index is 1720. The number of halogens is 2. The number of benzene rings is 2. The van der Waals surface area contributed by atoms with Gasteiger partial charge in [0.25, 0.3) is 5.78 Å².